The van der Waals surface area contributed by atoms with Crippen LogP contribution in [0.3, 0.4) is 0 Å². The molecule has 50 heavy (non-hydrogen) atoms. The molecule has 0 radical (unpaired) electrons. The molecule has 0 aromatic rings. The summed E-state index contributed by atoms with van der Waals surface area (Å²) in [5, 5.41) is 11.4. The zero-order valence-electron chi connectivity index (χ0n) is 30.7. The molecule has 280 valence electrons. The van der Waals surface area contributed by atoms with Gasteiger partial charge in [0.1, 0.15) is 21.9 Å². The Morgan fingerprint density at radius 1 is 0.920 bits per heavy atom. The third-order valence-electron chi connectivity index (χ3n) is 11.4. The van der Waals surface area contributed by atoms with E-state index >= 15 is 0 Å². The number of sulfone groups is 1. The van der Waals surface area contributed by atoms with Crippen molar-refractivity contribution in [3.63, 3.8) is 0 Å². The third kappa shape index (κ3) is 9.37. The molecule has 4 atom stereocenters. The predicted octanol–water partition coefficient (Wildman–Crippen LogP) is 3.70. The van der Waals surface area contributed by atoms with Crippen molar-refractivity contribution in [2.24, 2.45) is 16.7 Å². The number of nitrogens with one attached hydrogen (secondary N) is 4. The molecule has 1 heterocycles. The van der Waals surface area contributed by atoms with Gasteiger partial charge in [-0.1, -0.05) is 72.6 Å². The fourth-order valence-electron chi connectivity index (χ4n) is 8.50. The van der Waals surface area contributed by atoms with E-state index in [4.69, 9.17) is 0 Å². The van der Waals surface area contributed by atoms with Gasteiger partial charge in [-0.2, -0.15) is 0 Å². The maximum atomic E-state index is 14.9. The van der Waals surface area contributed by atoms with Crippen LogP contribution < -0.4 is 21.3 Å². The number of likely N-dealkylation sites (tertiary alicyclic amines) is 1. The Labute approximate surface area is 298 Å². The molecule has 0 aromatic carbocycles. The van der Waals surface area contributed by atoms with Crippen molar-refractivity contribution in [1.29, 1.82) is 0 Å². The number of carbonyl (C=O) groups excluding carboxylic acids is 5. The Hall–Kier alpha value is -3.18. The van der Waals surface area contributed by atoms with Crippen molar-refractivity contribution >= 4 is 39.4 Å². The second-order valence-corrected chi connectivity index (χ2v) is 18.0. The van der Waals surface area contributed by atoms with Gasteiger partial charge in [-0.15, -0.1) is 5.73 Å². The van der Waals surface area contributed by atoms with Crippen LogP contribution in [0, 0.1) is 16.7 Å². The molecule has 5 amide bonds. The van der Waals surface area contributed by atoms with E-state index in [1.807, 2.05) is 39.8 Å². The van der Waals surface area contributed by atoms with Gasteiger partial charge in [0.2, 0.25) is 17.6 Å². The number of hydrogen-bond donors (Lipinski definition) is 4. The maximum Gasteiger partial charge on any atom is 0.315 e. The van der Waals surface area contributed by atoms with Crippen LogP contribution in [0.25, 0.3) is 0 Å². The Kier molecular flexibility index (Phi) is 13.0. The lowest BCUT2D eigenvalue weighted by atomic mass is 9.66. The highest BCUT2D eigenvalue weighted by molar-refractivity contribution is 7.90. The molecule has 2 saturated carbocycles. The smallest absolute Gasteiger partial charge is 0.315 e. The maximum absolute atomic E-state index is 14.9. The standard InChI is InChI=1S/C37H59N5O7S/c1-6-15-27(30(43)32(45)38-22-7-2)39-31(44)28-23-36(19-14-18-35(36,3)4)24-42(28)33(46)29(26-16-10-8-11-17-26)40-34(47)41-37(25-50(5,48)49)20-12-9-13-21-37/h18-19,26-29H,6-13,15-17,20-25H2,1-5H3,(H,38,45)(H,39,44)(H2,40,41,47)/t27?,28-,29-,36?/m0/s1. The highest BCUT2D eigenvalue weighted by atomic mass is 32.2. The van der Waals surface area contributed by atoms with Gasteiger partial charge in [-0.3, -0.25) is 19.2 Å². The summed E-state index contributed by atoms with van der Waals surface area (Å²) in [6.07, 6.45) is 14.8. The summed E-state index contributed by atoms with van der Waals surface area (Å²) in [4.78, 5) is 70.2. The summed E-state index contributed by atoms with van der Waals surface area (Å²) in [5.41, 5.74) is 1.27. The van der Waals surface area contributed by atoms with Gasteiger partial charge in [-0.05, 0) is 63.0 Å². The average molecular weight is 718 g/mol. The van der Waals surface area contributed by atoms with E-state index in [1.54, 1.807) is 4.90 Å². The van der Waals surface area contributed by atoms with Crippen LogP contribution in [-0.2, 0) is 29.0 Å². The molecule has 1 saturated heterocycles. The van der Waals surface area contributed by atoms with E-state index < -0.39 is 68.0 Å². The number of carbonyl (C=O) groups is 5. The van der Waals surface area contributed by atoms with Crippen LogP contribution in [0.4, 0.5) is 4.79 Å². The van der Waals surface area contributed by atoms with Gasteiger partial charge in [0.25, 0.3) is 5.91 Å². The van der Waals surface area contributed by atoms with Crippen LogP contribution in [0.1, 0.15) is 118 Å². The largest absolute Gasteiger partial charge is 0.349 e. The van der Waals surface area contributed by atoms with E-state index in [0.717, 1.165) is 51.4 Å². The van der Waals surface area contributed by atoms with Gasteiger partial charge in [0, 0.05) is 30.2 Å². The molecular formula is C37H59N5O7S. The minimum Gasteiger partial charge on any atom is -0.349 e. The van der Waals surface area contributed by atoms with E-state index in [2.05, 4.69) is 27.0 Å². The fraction of sp³-hybridized carbons (Fsp3) is 0.784. The molecule has 2 unspecified atom stereocenters. The molecule has 13 heteroatoms. The highest BCUT2D eigenvalue weighted by Gasteiger charge is 2.56. The number of rotatable bonds is 14. The summed E-state index contributed by atoms with van der Waals surface area (Å²) in [6.45, 7) is 8.40. The molecule has 4 rings (SSSR count). The van der Waals surface area contributed by atoms with Gasteiger partial charge in [0.15, 0.2) is 0 Å². The second kappa shape index (κ2) is 16.4. The van der Waals surface area contributed by atoms with E-state index in [-0.39, 0.29) is 37.0 Å². The van der Waals surface area contributed by atoms with Crippen LogP contribution in [-0.4, -0.2) is 91.6 Å². The Morgan fingerprint density at radius 2 is 1.58 bits per heavy atom. The molecule has 1 aliphatic heterocycles. The zero-order chi connectivity index (χ0) is 36.7. The number of Topliss-reactive ketones (excluding diaryl/α,β-unsaturated/α-hetero) is 1. The third-order valence-corrected chi connectivity index (χ3v) is 12.5. The topological polar surface area (TPSA) is 171 Å². The van der Waals surface area contributed by atoms with Crippen LogP contribution in [0.2, 0.25) is 0 Å². The van der Waals surface area contributed by atoms with E-state index in [0.29, 0.717) is 32.2 Å². The number of urea groups is 1. The molecule has 12 nitrogen and oxygen atoms in total. The normalized spacial score (nSPS) is 25.5. The molecule has 0 bridgehead atoms. The lowest BCUT2D eigenvalue weighted by molar-refractivity contribution is -0.143. The van der Waals surface area contributed by atoms with Gasteiger partial charge in [0.05, 0.1) is 17.3 Å². The first kappa shape index (κ1) is 39.6. The highest BCUT2D eigenvalue weighted by Crippen LogP contribution is 2.53. The number of hydrogen-bond acceptors (Lipinski definition) is 7. The second-order valence-electron chi connectivity index (χ2n) is 15.9. The van der Waals surface area contributed by atoms with E-state index in [9.17, 15) is 32.4 Å². The Morgan fingerprint density at radius 3 is 2.16 bits per heavy atom. The van der Waals surface area contributed by atoms with Crippen molar-refractivity contribution in [3.05, 3.63) is 17.9 Å². The summed E-state index contributed by atoms with van der Waals surface area (Å²) < 4.78 is 24.9. The molecule has 3 aliphatic carbocycles. The van der Waals surface area contributed by atoms with Crippen molar-refractivity contribution in [1.82, 2.24) is 26.2 Å². The monoisotopic (exact) mass is 717 g/mol. The molecule has 1 spiro atoms. The van der Waals surface area contributed by atoms with Crippen LogP contribution in [0.5, 0.6) is 0 Å². The Balaban J connectivity index is 1.63. The van der Waals surface area contributed by atoms with Crippen molar-refractivity contribution in [2.75, 3.05) is 25.1 Å². The average Bonchev–Trinajstić information content (AvgIpc) is 3.60. The number of amides is 5. The number of nitrogens with zero attached hydrogens (tertiary/aromatic N) is 1. The Bertz CT molecular complexity index is 1460. The van der Waals surface area contributed by atoms with Crippen molar-refractivity contribution < 1.29 is 32.4 Å². The first-order valence-electron chi connectivity index (χ1n) is 18.7. The molecular weight excluding hydrogens is 659 g/mol. The van der Waals surface area contributed by atoms with Gasteiger partial charge >= 0.3 is 6.03 Å². The van der Waals surface area contributed by atoms with E-state index in [1.165, 1.54) is 6.26 Å². The molecule has 3 fully saturated rings. The summed E-state index contributed by atoms with van der Waals surface area (Å²) in [5.74, 6) is -2.69. The van der Waals surface area contributed by atoms with Crippen molar-refractivity contribution in [3.8, 4) is 0 Å². The summed E-state index contributed by atoms with van der Waals surface area (Å²) in [6, 6.07) is -3.51. The summed E-state index contributed by atoms with van der Waals surface area (Å²) in [7, 11) is -3.40. The first-order valence-corrected chi connectivity index (χ1v) is 20.8. The zero-order valence-corrected chi connectivity index (χ0v) is 31.5. The van der Waals surface area contributed by atoms with Crippen LogP contribution in [0.15, 0.2) is 17.9 Å². The predicted molar refractivity (Wildman–Crippen MR) is 192 cm³/mol. The lowest BCUT2D eigenvalue weighted by Crippen LogP contribution is -2.62. The molecule has 0 aromatic heterocycles. The van der Waals surface area contributed by atoms with Crippen molar-refractivity contribution in [2.45, 2.75) is 141 Å². The number of ketones is 1. The lowest BCUT2D eigenvalue weighted by Gasteiger charge is -2.39. The summed E-state index contributed by atoms with van der Waals surface area (Å²) >= 11 is 0. The quantitative estimate of drug-likeness (QED) is 0.157. The molecule has 4 N–H and O–H groups in total. The fourth-order valence-corrected chi connectivity index (χ4v) is 9.87. The molecule has 4 aliphatic rings. The minimum absolute atomic E-state index is 0.165. The minimum atomic E-state index is -3.40. The van der Waals surface area contributed by atoms with Gasteiger partial charge < -0.3 is 26.2 Å². The van der Waals surface area contributed by atoms with Crippen LogP contribution >= 0.6 is 0 Å². The first-order chi connectivity index (χ1) is 23.6. The van der Waals surface area contributed by atoms with Gasteiger partial charge in [-0.25, -0.2) is 13.2 Å². The SMILES string of the molecule is CCCNC(=O)C(=O)C(CCC)NC(=O)[C@@H]1CC2(C=C=CC2(C)C)CN1C(=O)[C@@H](NC(=O)NC1(CS(C)(=O)=O)CCCCC1)C1CCCCC1.